The third-order valence-electron chi connectivity index (χ3n) is 1.79. The van der Waals surface area contributed by atoms with E-state index in [2.05, 4.69) is 4.98 Å². The summed E-state index contributed by atoms with van der Waals surface area (Å²) in [5.41, 5.74) is 6.18. The normalized spacial score (nSPS) is 12.0. The van der Waals surface area contributed by atoms with Crippen LogP contribution >= 0.6 is 0 Å². The van der Waals surface area contributed by atoms with E-state index in [0.29, 0.717) is 0 Å². The molecule has 0 amide bonds. The number of nitrogens with zero attached hydrogens (tertiary/aromatic N) is 2. The lowest BCUT2D eigenvalue weighted by molar-refractivity contribution is -0.135. The average molecular weight is 207 g/mol. The number of anilines is 1. The maximum atomic E-state index is 11.8. The van der Waals surface area contributed by atoms with Crippen molar-refractivity contribution in [1.29, 1.82) is 0 Å². The molecule has 0 aliphatic rings. The fourth-order valence-electron chi connectivity index (χ4n) is 1.19. The van der Waals surface area contributed by atoms with E-state index in [0.717, 1.165) is 5.69 Å². The van der Waals surface area contributed by atoms with Crippen LogP contribution in [0.2, 0.25) is 0 Å². The molecule has 0 bridgehead atoms. The van der Waals surface area contributed by atoms with Crippen molar-refractivity contribution in [3.63, 3.8) is 0 Å². The number of alkyl halides is 3. The molecule has 80 valence electrons. The first-order chi connectivity index (χ1) is 6.38. The molecule has 0 fully saturated rings. The van der Waals surface area contributed by atoms with Crippen molar-refractivity contribution in [2.45, 2.75) is 32.5 Å². The Labute approximate surface area is 79.7 Å². The molecular formula is C8H12F3N3. The molecule has 6 heteroatoms. The molecule has 1 aromatic heterocycles. The summed E-state index contributed by atoms with van der Waals surface area (Å²) in [6.07, 6.45) is -3.21. The lowest BCUT2D eigenvalue weighted by atomic mass is 10.3. The van der Waals surface area contributed by atoms with Gasteiger partial charge in [-0.05, 0) is 13.3 Å². The van der Waals surface area contributed by atoms with Gasteiger partial charge in [-0.25, -0.2) is 4.98 Å². The van der Waals surface area contributed by atoms with Gasteiger partial charge in [0.25, 0.3) is 0 Å². The second kappa shape index (κ2) is 3.89. The van der Waals surface area contributed by atoms with Gasteiger partial charge < -0.3 is 10.3 Å². The molecular weight excluding hydrogens is 195 g/mol. The number of nitrogens with two attached hydrogens (primary N) is 1. The molecule has 0 radical (unpaired) electrons. The van der Waals surface area contributed by atoms with E-state index in [1.54, 1.807) is 13.1 Å². The molecule has 1 rings (SSSR count). The van der Waals surface area contributed by atoms with Gasteiger partial charge in [0.2, 0.25) is 0 Å². The number of hydrogen-bond acceptors (Lipinski definition) is 2. The first kappa shape index (κ1) is 10.9. The monoisotopic (exact) mass is 207 g/mol. The number of aromatic nitrogens is 2. The largest absolute Gasteiger partial charge is 0.389 e. The topological polar surface area (TPSA) is 43.8 Å². The van der Waals surface area contributed by atoms with E-state index in [4.69, 9.17) is 5.73 Å². The highest BCUT2D eigenvalue weighted by atomic mass is 19.4. The van der Waals surface area contributed by atoms with Gasteiger partial charge in [0.1, 0.15) is 0 Å². The van der Waals surface area contributed by atoms with Gasteiger partial charge in [-0.15, -0.1) is 0 Å². The van der Waals surface area contributed by atoms with Crippen LogP contribution in [0.3, 0.4) is 0 Å². The van der Waals surface area contributed by atoms with Gasteiger partial charge in [0.15, 0.2) is 5.95 Å². The fraction of sp³-hybridized carbons (Fsp3) is 0.625. The van der Waals surface area contributed by atoms with Crippen LogP contribution in [0, 0.1) is 6.92 Å². The Morgan fingerprint density at radius 3 is 2.57 bits per heavy atom. The van der Waals surface area contributed by atoms with Gasteiger partial charge >= 0.3 is 6.18 Å². The Bertz CT molecular complexity index is 303. The number of hydrogen-bond donors (Lipinski definition) is 1. The van der Waals surface area contributed by atoms with E-state index >= 15 is 0 Å². The minimum absolute atomic E-state index is 0.0312. The summed E-state index contributed by atoms with van der Waals surface area (Å²) in [5.74, 6) is 0.268. The molecule has 0 atom stereocenters. The van der Waals surface area contributed by atoms with Crippen LogP contribution < -0.4 is 5.73 Å². The van der Waals surface area contributed by atoms with Crippen molar-refractivity contribution >= 4 is 5.95 Å². The smallest absolute Gasteiger partial charge is 0.369 e. The fourth-order valence-corrected chi connectivity index (χ4v) is 1.19. The van der Waals surface area contributed by atoms with Gasteiger partial charge in [-0.3, -0.25) is 0 Å². The highest BCUT2D eigenvalue weighted by Crippen LogP contribution is 2.22. The Balaban J connectivity index is 2.42. The van der Waals surface area contributed by atoms with Crippen molar-refractivity contribution in [3.05, 3.63) is 11.9 Å². The zero-order valence-corrected chi connectivity index (χ0v) is 7.80. The number of rotatable bonds is 3. The molecule has 2 N–H and O–H groups in total. The first-order valence-electron chi connectivity index (χ1n) is 4.24. The molecule has 0 aliphatic heterocycles. The van der Waals surface area contributed by atoms with Crippen LogP contribution in [-0.2, 0) is 6.54 Å². The second-order valence-electron chi connectivity index (χ2n) is 3.15. The molecule has 1 heterocycles. The van der Waals surface area contributed by atoms with Crippen LogP contribution in [0.1, 0.15) is 18.5 Å². The zero-order valence-electron chi connectivity index (χ0n) is 7.80. The van der Waals surface area contributed by atoms with E-state index in [9.17, 15) is 13.2 Å². The molecule has 0 aromatic carbocycles. The number of halogens is 3. The van der Waals surface area contributed by atoms with Crippen molar-refractivity contribution in [2.75, 3.05) is 5.73 Å². The predicted octanol–water partition coefficient (Wildman–Crippen LogP) is 2.12. The van der Waals surface area contributed by atoms with Crippen LogP contribution in [0.4, 0.5) is 19.1 Å². The molecule has 0 aliphatic carbocycles. The van der Waals surface area contributed by atoms with Crippen LogP contribution in [-0.4, -0.2) is 15.7 Å². The SMILES string of the molecule is Cc1cn(CCCC(F)(F)F)c(N)n1. The number of imidazole rings is 1. The van der Waals surface area contributed by atoms with E-state index in [1.165, 1.54) is 4.57 Å². The summed E-state index contributed by atoms with van der Waals surface area (Å²) in [4.78, 5) is 3.89. The van der Waals surface area contributed by atoms with E-state index in [1.807, 2.05) is 0 Å². The lowest BCUT2D eigenvalue weighted by Crippen LogP contribution is -2.10. The third kappa shape index (κ3) is 3.27. The van der Waals surface area contributed by atoms with Crippen LogP contribution in [0.15, 0.2) is 6.20 Å². The summed E-state index contributed by atoms with van der Waals surface area (Å²) in [6.45, 7) is 2.00. The van der Waals surface area contributed by atoms with Crippen LogP contribution in [0.5, 0.6) is 0 Å². The van der Waals surface area contributed by atoms with Gasteiger partial charge in [0.05, 0.1) is 5.69 Å². The summed E-state index contributed by atoms with van der Waals surface area (Å²) >= 11 is 0. The highest BCUT2D eigenvalue weighted by molar-refractivity contribution is 5.20. The summed E-state index contributed by atoms with van der Waals surface area (Å²) in [6, 6.07) is 0. The van der Waals surface area contributed by atoms with Crippen molar-refractivity contribution < 1.29 is 13.2 Å². The summed E-state index contributed by atoms with van der Waals surface area (Å²) in [7, 11) is 0. The molecule has 14 heavy (non-hydrogen) atoms. The maximum absolute atomic E-state index is 11.8. The molecule has 0 saturated carbocycles. The summed E-state index contributed by atoms with van der Waals surface area (Å²) in [5, 5.41) is 0. The Morgan fingerprint density at radius 2 is 2.14 bits per heavy atom. The highest BCUT2D eigenvalue weighted by Gasteiger charge is 2.26. The standard InChI is InChI=1S/C8H12F3N3/c1-6-5-14(7(12)13-6)4-2-3-8(9,10)11/h5H,2-4H2,1H3,(H2,12,13). The Morgan fingerprint density at radius 1 is 1.50 bits per heavy atom. The third-order valence-corrected chi connectivity index (χ3v) is 1.79. The van der Waals surface area contributed by atoms with Crippen molar-refractivity contribution in [3.8, 4) is 0 Å². The molecule has 0 unspecified atom stereocenters. The van der Waals surface area contributed by atoms with Gasteiger partial charge in [-0.1, -0.05) is 0 Å². The van der Waals surface area contributed by atoms with Gasteiger partial charge in [0, 0.05) is 19.2 Å². The minimum Gasteiger partial charge on any atom is -0.369 e. The second-order valence-corrected chi connectivity index (χ2v) is 3.15. The Hall–Kier alpha value is -1.20. The number of nitrogen functional groups attached to an aromatic ring is 1. The number of aryl methyl sites for hydroxylation is 2. The van der Waals surface area contributed by atoms with E-state index in [-0.39, 0.29) is 18.9 Å². The van der Waals surface area contributed by atoms with E-state index < -0.39 is 12.6 Å². The quantitative estimate of drug-likeness (QED) is 0.824. The Kier molecular flexibility index (Phi) is 3.03. The average Bonchev–Trinajstić information content (AvgIpc) is 2.27. The van der Waals surface area contributed by atoms with Gasteiger partial charge in [-0.2, -0.15) is 13.2 Å². The zero-order chi connectivity index (χ0) is 10.8. The van der Waals surface area contributed by atoms with Crippen molar-refractivity contribution in [2.24, 2.45) is 0 Å². The van der Waals surface area contributed by atoms with Crippen molar-refractivity contribution in [1.82, 2.24) is 9.55 Å². The summed E-state index contributed by atoms with van der Waals surface area (Å²) < 4.78 is 37.0. The minimum atomic E-state index is -4.09. The molecule has 1 aromatic rings. The van der Waals surface area contributed by atoms with Crippen LogP contribution in [0.25, 0.3) is 0 Å². The first-order valence-corrected chi connectivity index (χ1v) is 4.24. The molecule has 3 nitrogen and oxygen atoms in total. The lowest BCUT2D eigenvalue weighted by Gasteiger charge is -2.06. The predicted molar refractivity (Wildman–Crippen MR) is 46.7 cm³/mol. The maximum Gasteiger partial charge on any atom is 0.389 e. The molecule has 0 spiro atoms. The molecule has 0 saturated heterocycles.